The fourth-order valence-corrected chi connectivity index (χ4v) is 5.07. The minimum absolute atomic E-state index is 0.0410. The molecular weight excluding hydrogens is 410 g/mol. The Balaban J connectivity index is 1.23. The highest BCUT2D eigenvalue weighted by molar-refractivity contribution is 7.99. The molecule has 31 heavy (non-hydrogen) atoms. The number of hydrogen-bond donors (Lipinski definition) is 0. The number of amides is 2. The maximum atomic E-state index is 12.8. The summed E-state index contributed by atoms with van der Waals surface area (Å²) in [5.41, 5.74) is 2.22. The molecule has 2 aromatic rings. The molecule has 7 heteroatoms. The van der Waals surface area contributed by atoms with Crippen LogP contribution >= 0.6 is 11.8 Å². The van der Waals surface area contributed by atoms with Crippen LogP contribution in [0.5, 0.6) is 5.75 Å². The quantitative estimate of drug-likeness (QED) is 0.692. The molecule has 2 aliphatic heterocycles. The second-order valence-corrected chi connectivity index (χ2v) is 9.00. The first-order valence-electron chi connectivity index (χ1n) is 10.8. The molecule has 2 amide bonds. The van der Waals surface area contributed by atoms with Crippen molar-refractivity contribution in [1.82, 2.24) is 9.80 Å². The Morgan fingerprint density at radius 1 is 0.903 bits per heavy atom. The lowest BCUT2D eigenvalue weighted by atomic mass is 10.1. The summed E-state index contributed by atoms with van der Waals surface area (Å²) in [5.74, 6) is 1.88. The Morgan fingerprint density at radius 2 is 1.61 bits per heavy atom. The van der Waals surface area contributed by atoms with Gasteiger partial charge in [-0.1, -0.05) is 24.3 Å². The second kappa shape index (κ2) is 10.2. The van der Waals surface area contributed by atoms with Crippen LogP contribution in [0, 0.1) is 0 Å². The Morgan fingerprint density at radius 3 is 2.35 bits per heavy atom. The van der Waals surface area contributed by atoms with Gasteiger partial charge in [0.25, 0.3) is 0 Å². The van der Waals surface area contributed by atoms with Gasteiger partial charge in [0.15, 0.2) is 0 Å². The number of para-hydroxylation sites is 1. The molecule has 0 unspecified atom stereocenters. The molecule has 0 bridgehead atoms. The van der Waals surface area contributed by atoms with E-state index in [9.17, 15) is 9.59 Å². The Bertz CT molecular complexity index is 911. The number of nitrogens with zero attached hydrogens (tertiary/aromatic N) is 3. The second-order valence-electron chi connectivity index (χ2n) is 7.87. The molecule has 164 valence electrons. The Hall–Kier alpha value is -2.51. The number of carbonyl (C=O) groups is 2. The van der Waals surface area contributed by atoms with Gasteiger partial charge in [-0.25, -0.2) is 0 Å². The van der Waals surface area contributed by atoms with Crippen molar-refractivity contribution < 1.29 is 14.3 Å². The molecule has 4 rings (SSSR count). The summed E-state index contributed by atoms with van der Waals surface area (Å²) >= 11 is 1.78. The van der Waals surface area contributed by atoms with Gasteiger partial charge in [0.2, 0.25) is 11.8 Å². The van der Waals surface area contributed by atoms with Gasteiger partial charge in [0.05, 0.1) is 12.8 Å². The van der Waals surface area contributed by atoms with Crippen LogP contribution in [-0.2, 0) is 16.1 Å². The molecule has 0 N–H and O–H groups in total. The molecule has 0 saturated carbocycles. The lowest BCUT2D eigenvalue weighted by Gasteiger charge is -2.35. The number of hydrogen-bond acceptors (Lipinski definition) is 5. The Kier molecular flexibility index (Phi) is 7.14. The molecule has 2 heterocycles. The van der Waals surface area contributed by atoms with Crippen LogP contribution < -0.4 is 9.64 Å². The number of ether oxygens (including phenoxy) is 1. The van der Waals surface area contributed by atoms with E-state index in [1.54, 1.807) is 18.9 Å². The highest BCUT2D eigenvalue weighted by Gasteiger charge is 2.25. The first-order valence-corrected chi connectivity index (χ1v) is 11.8. The zero-order valence-corrected chi connectivity index (χ0v) is 18.8. The first kappa shape index (κ1) is 21.7. The number of thioether (sulfide) groups is 1. The van der Waals surface area contributed by atoms with Crippen molar-refractivity contribution in [2.75, 3.05) is 50.5 Å². The summed E-state index contributed by atoms with van der Waals surface area (Å²) in [6, 6.07) is 16.1. The van der Waals surface area contributed by atoms with E-state index in [0.29, 0.717) is 19.6 Å². The molecule has 1 fully saturated rings. The molecule has 0 radical (unpaired) electrons. The minimum Gasteiger partial charge on any atom is -0.497 e. The zero-order valence-electron chi connectivity index (χ0n) is 18.0. The van der Waals surface area contributed by atoms with E-state index in [2.05, 4.69) is 23.1 Å². The predicted molar refractivity (Wildman–Crippen MR) is 124 cm³/mol. The van der Waals surface area contributed by atoms with Crippen LogP contribution in [0.15, 0.2) is 53.4 Å². The lowest BCUT2D eigenvalue weighted by molar-refractivity contribution is -0.134. The van der Waals surface area contributed by atoms with Gasteiger partial charge in [-0.3, -0.25) is 14.5 Å². The van der Waals surface area contributed by atoms with E-state index in [4.69, 9.17) is 4.74 Å². The fourth-order valence-electron chi connectivity index (χ4n) is 4.08. The van der Waals surface area contributed by atoms with Crippen molar-refractivity contribution in [1.29, 1.82) is 0 Å². The molecular formula is C24H29N3O3S. The van der Waals surface area contributed by atoms with Gasteiger partial charge in [0.1, 0.15) is 5.75 Å². The van der Waals surface area contributed by atoms with Crippen LogP contribution in [0.2, 0.25) is 0 Å². The number of carbonyl (C=O) groups excluding carboxylic acids is 2. The summed E-state index contributed by atoms with van der Waals surface area (Å²) in [6.07, 6.45) is 0.549. The maximum absolute atomic E-state index is 12.8. The summed E-state index contributed by atoms with van der Waals surface area (Å²) in [6.45, 7) is 4.71. The van der Waals surface area contributed by atoms with Crippen molar-refractivity contribution in [3.05, 3.63) is 54.1 Å². The zero-order chi connectivity index (χ0) is 21.6. The molecule has 0 aromatic heterocycles. The topological polar surface area (TPSA) is 53.1 Å². The van der Waals surface area contributed by atoms with Crippen molar-refractivity contribution in [2.24, 2.45) is 0 Å². The lowest BCUT2D eigenvalue weighted by Crippen LogP contribution is -2.48. The van der Waals surface area contributed by atoms with Crippen molar-refractivity contribution in [2.45, 2.75) is 24.3 Å². The molecule has 0 spiro atoms. The smallest absolute Gasteiger partial charge is 0.227 e. The van der Waals surface area contributed by atoms with Crippen LogP contribution in [0.25, 0.3) is 0 Å². The largest absolute Gasteiger partial charge is 0.497 e. The number of rotatable bonds is 6. The third kappa shape index (κ3) is 5.40. The molecule has 2 aliphatic rings. The van der Waals surface area contributed by atoms with Crippen LogP contribution in [0.3, 0.4) is 0 Å². The molecule has 0 atom stereocenters. The number of piperazine rings is 1. The van der Waals surface area contributed by atoms with Gasteiger partial charge in [0, 0.05) is 62.8 Å². The van der Waals surface area contributed by atoms with Gasteiger partial charge in [-0.2, -0.15) is 0 Å². The van der Waals surface area contributed by atoms with Gasteiger partial charge in [-0.05, 0) is 29.8 Å². The van der Waals surface area contributed by atoms with Crippen LogP contribution in [0.1, 0.15) is 18.4 Å². The van der Waals surface area contributed by atoms with Gasteiger partial charge >= 0.3 is 0 Å². The van der Waals surface area contributed by atoms with E-state index in [1.807, 2.05) is 40.1 Å². The van der Waals surface area contributed by atoms with Crippen molar-refractivity contribution in [3.63, 3.8) is 0 Å². The standard InChI is InChI=1S/C24H29N3O3S/c1-30-20-8-6-19(7-9-20)18-25-12-14-26(15-13-25)23(28)10-11-24(29)27-16-17-31-22-5-3-2-4-21(22)27/h2-9H,10-18H2,1H3. The fraction of sp³-hybridized carbons (Fsp3) is 0.417. The van der Waals surface area contributed by atoms with Crippen LogP contribution in [0.4, 0.5) is 5.69 Å². The Labute approximate surface area is 188 Å². The van der Waals surface area contributed by atoms with E-state index in [-0.39, 0.29) is 24.7 Å². The highest BCUT2D eigenvalue weighted by atomic mass is 32.2. The highest BCUT2D eigenvalue weighted by Crippen LogP contribution is 2.34. The van der Waals surface area contributed by atoms with E-state index in [0.717, 1.165) is 41.7 Å². The van der Waals surface area contributed by atoms with E-state index in [1.165, 1.54) is 5.56 Å². The number of benzene rings is 2. The summed E-state index contributed by atoms with van der Waals surface area (Å²) in [7, 11) is 1.67. The number of anilines is 1. The van der Waals surface area contributed by atoms with E-state index < -0.39 is 0 Å². The normalized spacial score (nSPS) is 16.7. The predicted octanol–water partition coefficient (Wildman–Crippen LogP) is 3.26. The average Bonchev–Trinajstić information content (AvgIpc) is 2.83. The third-order valence-corrected chi connectivity index (χ3v) is 6.92. The van der Waals surface area contributed by atoms with E-state index >= 15 is 0 Å². The van der Waals surface area contributed by atoms with Crippen molar-refractivity contribution >= 4 is 29.3 Å². The monoisotopic (exact) mass is 439 g/mol. The molecule has 6 nitrogen and oxygen atoms in total. The summed E-state index contributed by atoms with van der Waals surface area (Å²) < 4.78 is 5.21. The first-order chi connectivity index (χ1) is 15.1. The number of methoxy groups -OCH3 is 1. The number of fused-ring (bicyclic) bond motifs is 1. The SMILES string of the molecule is COc1ccc(CN2CCN(C(=O)CCC(=O)N3CCSc4ccccc43)CC2)cc1. The summed E-state index contributed by atoms with van der Waals surface area (Å²) in [5, 5.41) is 0. The van der Waals surface area contributed by atoms with Gasteiger partial charge < -0.3 is 14.5 Å². The molecule has 2 aromatic carbocycles. The van der Waals surface area contributed by atoms with Gasteiger partial charge in [-0.15, -0.1) is 11.8 Å². The minimum atomic E-state index is 0.0410. The maximum Gasteiger partial charge on any atom is 0.227 e. The van der Waals surface area contributed by atoms with Crippen molar-refractivity contribution in [3.8, 4) is 5.75 Å². The average molecular weight is 440 g/mol. The third-order valence-electron chi connectivity index (χ3n) is 5.87. The van der Waals surface area contributed by atoms with Crippen LogP contribution in [-0.4, -0.2) is 67.2 Å². The summed E-state index contributed by atoms with van der Waals surface area (Å²) in [4.78, 5) is 32.7. The molecule has 0 aliphatic carbocycles. The molecule has 1 saturated heterocycles.